The predicted molar refractivity (Wildman–Crippen MR) is 96.3 cm³/mol. The van der Waals surface area contributed by atoms with E-state index in [1.54, 1.807) is 25.1 Å². The number of hydrogen-bond acceptors (Lipinski definition) is 5. The summed E-state index contributed by atoms with van der Waals surface area (Å²) in [5.74, 6) is 1.82. The molecule has 2 heterocycles. The molecule has 1 aromatic carbocycles. The number of pyridine rings is 2. The van der Waals surface area contributed by atoms with Gasteiger partial charge in [0.25, 0.3) is 0 Å². The van der Waals surface area contributed by atoms with E-state index in [2.05, 4.69) is 34.3 Å². The maximum absolute atomic E-state index is 5.39. The number of hydrogen-bond donors (Lipinski definition) is 1. The standard InChI is InChI=1S/C18H19N3OS/c1-3-23-17-11-13(7-9-19-17)12-21-15-8-10-20-18-14(15)5-4-6-16(18)22-2/h4-11H,3,12H2,1-2H3,(H,20,21). The summed E-state index contributed by atoms with van der Waals surface area (Å²) in [6.45, 7) is 2.88. The summed E-state index contributed by atoms with van der Waals surface area (Å²) < 4.78 is 5.39. The van der Waals surface area contributed by atoms with E-state index in [0.29, 0.717) is 0 Å². The van der Waals surface area contributed by atoms with E-state index in [0.717, 1.165) is 39.7 Å². The van der Waals surface area contributed by atoms with Crippen molar-refractivity contribution in [1.29, 1.82) is 0 Å². The average molecular weight is 325 g/mol. The van der Waals surface area contributed by atoms with Crippen molar-refractivity contribution in [2.75, 3.05) is 18.2 Å². The van der Waals surface area contributed by atoms with Crippen molar-refractivity contribution in [2.24, 2.45) is 0 Å². The van der Waals surface area contributed by atoms with Gasteiger partial charge in [0, 0.05) is 30.0 Å². The van der Waals surface area contributed by atoms with Crippen molar-refractivity contribution >= 4 is 28.4 Å². The predicted octanol–water partition coefficient (Wildman–Crippen LogP) is 4.36. The van der Waals surface area contributed by atoms with Gasteiger partial charge in [-0.2, -0.15) is 0 Å². The summed E-state index contributed by atoms with van der Waals surface area (Å²) in [6.07, 6.45) is 3.67. The summed E-state index contributed by atoms with van der Waals surface area (Å²) in [6, 6.07) is 12.1. The van der Waals surface area contributed by atoms with Crippen molar-refractivity contribution in [3.8, 4) is 5.75 Å². The Morgan fingerprint density at radius 2 is 2.00 bits per heavy atom. The lowest BCUT2D eigenvalue weighted by atomic mass is 10.1. The zero-order valence-corrected chi connectivity index (χ0v) is 14.1. The Hall–Kier alpha value is -2.27. The van der Waals surface area contributed by atoms with Crippen LogP contribution < -0.4 is 10.1 Å². The second kappa shape index (κ2) is 7.33. The number of para-hydroxylation sites is 1. The fourth-order valence-electron chi connectivity index (χ4n) is 2.45. The number of aromatic nitrogens is 2. The molecule has 1 N–H and O–H groups in total. The fraction of sp³-hybridized carbons (Fsp3) is 0.222. The molecule has 0 aliphatic carbocycles. The fourth-order valence-corrected chi connectivity index (χ4v) is 3.12. The quantitative estimate of drug-likeness (QED) is 0.682. The van der Waals surface area contributed by atoms with Crippen molar-refractivity contribution < 1.29 is 4.74 Å². The Morgan fingerprint density at radius 1 is 1.13 bits per heavy atom. The van der Waals surface area contributed by atoms with Gasteiger partial charge in [0.15, 0.2) is 0 Å². The molecule has 0 aliphatic heterocycles. The Balaban J connectivity index is 1.83. The van der Waals surface area contributed by atoms with Gasteiger partial charge in [-0.25, -0.2) is 4.98 Å². The Kier molecular flexibility index (Phi) is 4.98. The molecular formula is C18H19N3OS. The van der Waals surface area contributed by atoms with Crippen LogP contribution in [-0.2, 0) is 6.54 Å². The van der Waals surface area contributed by atoms with E-state index in [4.69, 9.17) is 4.74 Å². The number of ether oxygens (including phenoxy) is 1. The minimum absolute atomic E-state index is 0.746. The molecule has 0 bridgehead atoms. The maximum Gasteiger partial charge on any atom is 0.145 e. The molecular weight excluding hydrogens is 306 g/mol. The number of methoxy groups -OCH3 is 1. The molecule has 0 radical (unpaired) electrons. The van der Waals surface area contributed by atoms with Gasteiger partial charge in [0.05, 0.1) is 12.1 Å². The minimum atomic E-state index is 0.746. The zero-order valence-electron chi connectivity index (χ0n) is 13.2. The topological polar surface area (TPSA) is 47.0 Å². The molecule has 0 saturated carbocycles. The smallest absolute Gasteiger partial charge is 0.145 e. The summed E-state index contributed by atoms with van der Waals surface area (Å²) in [5, 5.41) is 5.61. The first kappa shape index (κ1) is 15.6. The van der Waals surface area contributed by atoms with Crippen molar-refractivity contribution in [2.45, 2.75) is 18.5 Å². The van der Waals surface area contributed by atoms with Gasteiger partial charge in [-0.15, -0.1) is 11.8 Å². The van der Waals surface area contributed by atoms with E-state index in [1.165, 1.54) is 5.56 Å². The van der Waals surface area contributed by atoms with E-state index in [-0.39, 0.29) is 0 Å². The van der Waals surface area contributed by atoms with Crippen LogP contribution in [0, 0.1) is 0 Å². The van der Waals surface area contributed by atoms with Crippen molar-refractivity contribution in [3.05, 3.63) is 54.4 Å². The van der Waals surface area contributed by atoms with E-state index in [9.17, 15) is 0 Å². The van der Waals surface area contributed by atoms with E-state index < -0.39 is 0 Å². The van der Waals surface area contributed by atoms with Crippen LogP contribution in [0.15, 0.2) is 53.8 Å². The molecule has 2 aromatic heterocycles. The number of thioether (sulfide) groups is 1. The van der Waals surface area contributed by atoms with Crippen molar-refractivity contribution in [3.63, 3.8) is 0 Å². The first-order chi connectivity index (χ1) is 11.3. The lowest BCUT2D eigenvalue weighted by Gasteiger charge is -2.11. The molecule has 0 atom stereocenters. The number of fused-ring (bicyclic) bond motifs is 1. The second-order valence-corrected chi connectivity index (χ2v) is 6.29. The maximum atomic E-state index is 5.39. The minimum Gasteiger partial charge on any atom is -0.494 e. The lowest BCUT2D eigenvalue weighted by Crippen LogP contribution is -2.01. The van der Waals surface area contributed by atoms with Crippen LogP contribution in [0.5, 0.6) is 5.75 Å². The van der Waals surface area contributed by atoms with E-state index in [1.807, 2.05) is 30.5 Å². The third kappa shape index (κ3) is 3.56. The van der Waals surface area contributed by atoms with Crippen molar-refractivity contribution in [1.82, 2.24) is 9.97 Å². The van der Waals surface area contributed by atoms with Gasteiger partial charge in [-0.05, 0) is 35.6 Å². The summed E-state index contributed by atoms with van der Waals surface area (Å²) in [4.78, 5) is 8.79. The number of rotatable bonds is 6. The van der Waals surface area contributed by atoms with E-state index >= 15 is 0 Å². The third-order valence-corrected chi connectivity index (χ3v) is 4.34. The molecule has 4 nitrogen and oxygen atoms in total. The first-order valence-electron chi connectivity index (χ1n) is 7.55. The molecule has 23 heavy (non-hydrogen) atoms. The number of anilines is 1. The van der Waals surface area contributed by atoms with Crippen LogP contribution in [0.4, 0.5) is 5.69 Å². The molecule has 0 aliphatic rings. The van der Waals surface area contributed by atoms with Crippen LogP contribution in [0.25, 0.3) is 10.9 Å². The molecule has 0 amide bonds. The largest absolute Gasteiger partial charge is 0.494 e. The van der Waals surface area contributed by atoms with Crippen LogP contribution in [-0.4, -0.2) is 22.8 Å². The highest BCUT2D eigenvalue weighted by molar-refractivity contribution is 7.99. The van der Waals surface area contributed by atoms with Crippen LogP contribution in [0.3, 0.4) is 0 Å². The second-order valence-electron chi connectivity index (χ2n) is 5.00. The molecule has 0 spiro atoms. The monoisotopic (exact) mass is 325 g/mol. The summed E-state index contributed by atoms with van der Waals surface area (Å²) in [7, 11) is 1.67. The van der Waals surface area contributed by atoms with Crippen LogP contribution >= 0.6 is 11.8 Å². The van der Waals surface area contributed by atoms with Gasteiger partial charge in [0.2, 0.25) is 0 Å². The number of nitrogens with zero attached hydrogens (tertiary/aromatic N) is 2. The van der Waals surface area contributed by atoms with Crippen LogP contribution in [0.2, 0.25) is 0 Å². The SMILES string of the molecule is CCSc1cc(CNc2ccnc3c(OC)cccc23)ccn1. The lowest BCUT2D eigenvalue weighted by molar-refractivity contribution is 0.419. The average Bonchev–Trinajstić information content (AvgIpc) is 2.60. The van der Waals surface area contributed by atoms with Gasteiger partial charge in [0.1, 0.15) is 11.3 Å². The highest BCUT2D eigenvalue weighted by atomic mass is 32.2. The molecule has 118 valence electrons. The number of nitrogens with one attached hydrogen (secondary N) is 1. The van der Waals surface area contributed by atoms with Gasteiger partial charge < -0.3 is 10.1 Å². The third-order valence-electron chi connectivity index (χ3n) is 3.53. The van der Waals surface area contributed by atoms with Crippen LogP contribution in [0.1, 0.15) is 12.5 Å². The molecule has 3 rings (SSSR count). The number of benzene rings is 1. The Labute approximate surface area is 140 Å². The molecule has 0 unspecified atom stereocenters. The zero-order chi connectivity index (χ0) is 16.1. The highest BCUT2D eigenvalue weighted by Gasteiger charge is 2.06. The normalized spacial score (nSPS) is 10.7. The summed E-state index contributed by atoms with van der Waals surface area (Å²) in [5.41, 5.74) is 3.14. The molecule has 0 fully saturated rings. The van der Waals surface area contributed by atoms with Gasteiger partial charge in [-0.1, -0.05) is 19.1 Å². The highest BCUT2D eigenvalue weighted by Crippen LogP contribution is 2.28. The molecule has 5 heteroatoms. The molecule has 3 aromatic rings. The summed E-state index contributed by atoms with van der Waals surface area (Å²) >= 11 is 1.75. The van der Waals surface area contributed by atoms with Gasteiger partial charge >= 0.3 is 0 Å². The Bertz CT molecular complexity index is 807. The molecule has 0 saturated heterocycles. The van der Waals surface area contributed by atoms with Gasteiger partial charge in [-0.3, -0.25) is 4.98 Å². The Morgan fingerprint density at radius 3 is 2.83 bits per heavy atom. The first-order valence-corrected chi connectivity index (χ1v) is 8.53.